The van der Waals surface area contributed by atoms with Crippen molar-refractivity contribution in [2.75, 3.05) is 6.54 Å². The zero-order valence-corrected chi connectivity index (χ0v) is 10.1. The monoisotopic (exact) mass is 224 g/mol. The molecule has 2 saturated carbocycles. The van der Waals surface area contributed by atoms with Crippen LogP contribution in [-0.2, 0) is 4.79 Å². The molecular weight excluding hydrogens is 200 g/mol. The van der Waals surface area contributed by atoms with Gasteiger partial charge in [0.05, 0.1) is 0 Å². The van der Waals surface area contributed by atoms with Crippen LogP contribution in [0, 0.1) is 11.8 Å². The van der Waals surface area contributed by atoms with E-state index in [0.29, 0.717) is 18.4 Å². The number of amides is 1. The molecule has 2 aliphatic carbocycles. The third kappa shape index (κ3) is 2.97. The van der Waals surface area contributed by atoms with Gasteiger partial charge in [-0.15, -0.1) is 0 Å². The quantitative estimate of drug-likeness (QED) is 0.748. The van der Waals surface area contributed by atoms with Crippen LogP contribution in [0.5, 0.6) is 0 Å². The summed E-state index contributed by atoms with van der Waals surface area (Å²) in [4.78, 5) is 11.8. The van der Waals surface area contributed by atoms with Crippen LogP contribution in [0.2, 0.25) is 0 Å². The van der Waals surface area contributed by atoms with E-state index in [9.17, 15) is 4.79 Å². The number of hydrogen-bond acceptors (Lipinski definition) is 2. The summed E-state index contributed by atoms with van der Waals surface area (Å²) in [6, 6.07) is 0.232. The van der Waals surface area contributed by atoms with Crippen molar-refractivity contribution in [1.82, 2.24) is 5.32 Å². The molecule has 1 atom stereocenters. The second kappa shape index (κ2) is 5.67. The first-order valence-corrected chi connectivity index (χ1v) is 6.79. The maximum Gasteiger partial charge on any atom is 0.220 e. The normalized spacial score (nSPS) is 24.1. The van der Waals surface area contributed by atoms with E-state index in [-0.39, 0.29) is 11.9 Å². The highest BCUT2D eigenvalue weighted by Crippen LogP contribution is 2.30. The number of nitrogens with two attached hydrogens (primary N) is 1. The number of carbonyl (C=O) groups is 1. The Labute approximate surface area is 98.2 Å². The van der Waals surface area contributed by atoms with Crippen LogP contribution < -0.4 is 11.1 Å². The van der Waals surface area contributed by atoms with E-state index >= 15 is 0 Å². The predicted molar refractivity (Wildman–Crippen MR) is 64.9 cm³/mol. The van der Waals surface area contributed by atoms with Crippen LogP contribution >= 0.6 is 0 Å². The van der Waals surface area contributed by atoms with Crippen LogP contribution in [0.4, 0.5) is 0 Å². The first-order chi connectivity index (χ1) is 7.79. The van der Waals surface area contributed by atoms with Crippen LogP contribution in [0.3, 0.4) is 0 Å². The Bertz CT molecular complexity index is 232. The maximum absolute atomic E-state index is 11.8. The van der Waals surface area contributed by atoms with E-state index in [4.69, 9.17) is 5.73 Å². The fourth-order valence-electron chi connectivity index (χ4n) is 2.95. The first kappa shape index (κ1) is 11.9. The number of rotatable bonds is 5. The Morgan fingerprint density at radius 2 is 1.88 bits per heavy atom. The van der Waals surface area contributed by atoms with Crippen LogP contribution in [0.25, 0.3) is 0 Å². The minimum Gasteiger partial charge on any atom is -0.352 e. The van der Waals surface area contributed by atoms with Crippen molar-refractivity contribution >= 4 is 5.91 Å². The highest BCUT2D eigenvalue weighted by atomic mass is 16.1. The van der Waals surface area contributed by atoms with Gasteiger partial charge in [0.2, 0.25) is 5.91 Å². The van der Waals surface area contributed by atoms with E-state index in [2.05, 4.69) is 5.32 Å². The van der Waals surface area contributed by atoms with Gasteiger partial charge in [-0.2, -0.15) is 0 Å². The van der Waals surface area contributed by atoms with Crippen LogP contribution in [-0.4, -0.2) is 18.5 Å². The summed E-state index contributed by atoms with van der Waals surface area (Å²) in [5.74, 6) is 1.52. The van der Waals surface area contributed by atoms with Gasteiger partial charge in [0.15, 0.2) is 0 Å². The van der Waals surface area contributed by atoms with Gasteiger partial charge in [-0.25, -0.2) is 0 Å². The molecule has 2 aliphatic rings. The lowest BCUT2D eigenvalue weighted by Gasteiger charge is -2.27. The Kier molecular flexibility index (Phi) is 4.22. The van der Waals surface area contributed by atoms with Crippen molar-refractivity contribution in [2.45, 2.75) is 57.4 Å². The van der Waals surface area contributed by atoms with Gasteiger partial charge in [0.1, 0.15) is 0 Å². The molecule has 2 fully saturated rings. The average molecular weight is 224 g/mol. The summed E-state index contributed by atoms with van der Waals surface area (Å²) < 4.78 is 0. The highest BCUT2D eigenvalue weighted by molar-refractivity contribution is 5.76. The molecule has 3 N–H and O–H groups in total. The fraction of sp³-hybridized carbons (Fsp3) is 0.923. The molecule has 0 aromatic carbocycles. The predicted octanol–water partition coefficient (Wildman–Crippen LogP) is 1.81. The molecule has 0 saturated heterocycles. The summed E-state index contributed by atoms with van der Waals surface area (Å²) >= 11 is 0. The number of carbonyl (C=O) groups excluding carboxylic acids is 1. The number of nitrogens with one attached hydrogen (secondary N) is 1. The minimum absolute atomic E-state index is 0.229. The molecule has 1 unspecified atom stereocenters. The summed E-state index contributed by atoms with van der Waals surface area (Å²) in [6.45, 7) is 0.598. The van der Waals surface area contributed by atoms with Crippen molar-refractivity contribution in [3.05, 3.63) is 0 Å². The highest BCUT2D eigenvalue weighted by Gasteiger charge is 2.27. The second-order valence-electron chi connectivity index (χ2n) is 5.46. The first-order valence-electron chi connectivity index (χ1n) is 6.79. The SMILES string of the molecule is NCC(NC(=O)CC1CCC1)C1CCCC1. The van der Waals surface area contributed by atoms with E-state index < -0.39 is 0 Å². The minimum atomic E-state index is 0.229. The standard InChI is InChI=1S/C13H24N2O/c14-9-12(11-6-1-2-7-11)15-13(16)8-10-4-3-5-10/h10-12H,1-9,14H2,(H,15,16). The smallest absolute Gasteiger partial charge is 0.220 e. The zero-order valence-electron chi connectivity index (χ0n) is 10.1. The molecule has 3 heteroatoms. The molecular formula is C13H24N2O. The molecule has 0 aromatic heterocycles. The molecule has 0 spiro atoms. The van der Waals surface area contributed by atoms with E-state index in [1.54, 1.807) is 0 Å². The van der Waals surface area contributed by atoms with Crippen LogP contribution in [0.15, 0.2) is 0 Å². The van der Waals surface area contributed by atoms with Gasteiger partial charge >= 0.3 is 0 Å². The maximum atomic E-state index is 11.8. The van der Waals surface area contributed by atoms with Crippen molar-refractivity contribution in [1.29, 1.82) is 0 Å². The Hall–Kier alpha value is -0.570. The molecule has 0 aromatic rings. The molecule has 0 aliphatic heterocycles. The summed E-state index contributed by atoms with van der Waals surface area (Å²) in [5.41, 5.74) is 5.76. The van der Waals surface area contributed by atoms with Gasteiger partial charge in [-0.3, -0.25) is 4.79 Å². The van der Waals surface area contributed by atoms with Crippen molar-refractivity contribution in [3.63, 3.8) is 0 Å². The molecule has 16 heavy (non-hydrogen) atoms. The molecule has 0 radical (unpaired) electrons. The third-order valence-corrected chi connectivity index (χ3v) is 4.27. The van der Waals surface area contributed by atoms with Gasteiger partial charge in [0, 0.05) is 19.0 Å². The lowest BCUT2D eigenvalue weighted by atomic mass is 9.82. The average Bonchev–Trinajstić information content (AvgIpc) is 2.73. The largest absolute Gasteiger partial charge is 0.352 e. The molecule has 1 amide bonds. The van der Waals surface area contributed by atoms with E-state index in [1.807, 2.05) is 0 Å². The second-order valence-corrected chi connectivity index (χ2v) is 5.46. The lowest BCUT2D eigenvalue weighted by Crippen LogP contribution is -2.45. The van der Waals surface area contributed by atoms with Gasteiger partial charge in [0.25, 0.3) is 0 Å². The fourth-order valence-corrected chi connectivity index (χ4v) is 2.95. The van der Waals surface area contributed by atoms with Crippen molar-refractivity contribution in [3.8, 4) is 0 Å². The molecule has 92 valence electrons. The molecule has 0 heterocycles. The molecule has 0 bridgehead atoms. The zero-order chi connectivity index (χ0) is 11.4. The number of hydrogen-bond donors (Lipinski definition) is 2. The molecule has 2 rings (SSSR count). The van der Waals surface area contributed by atoms with Crippen molar-refractivity contribution < 1.29 is 4.79 Å². The van der Waals surface area contributed by atoms with Crippen LogP contribution in [0.1, 0.15) is 51.4 Å². The van der Waals surface area contributed by atoms with Crippen molar-refractivity contribution in [2.24, 2.45) is 17.6 Å². The van der Waals surface area contributed by atoms with Gasteiger partial charge in [-0.05, 0) is 37.5 Å². The van der Waals surface area contributed by atoms with Gasteiger partial charge < -0.3 is 11.1 Å². The lowest BCUT2D eigenvalue weighted by molar-refractivity contribution is -0.123. The topological polar surface area (TPSA) is 55.1 Å². The summed E-state index contributed by atoms with van der Waals surface area (Å²) in [6.07, 6.45) is 9.61. The Balaban J connectivity index is 1.73. The van der Waals surface area contributed by atoms with E-state index in [0.717, 1.165) is 6.42 Å². The summed E-state index contributed by atoms with van der Waals surface area (Å²) in [7, 11) is 0. The van der Waals surface area contributed by atoms with Gasteiger partial charge in [-0.1, -0.05) is 19.3 Å². The third-order valence-electron chi connectivity index (χ3n) is 4.27. The Morgan fingerprint density at radius 1 is 1.19 bits per heavy atom. The summed E-state index contributed by atoms with van der Waals surface area (Å²) in [5, 5.41) is 3.14. The Morgan fingerprint density at radius 3 is 2.38 bits per heavy atom. The van der Waals surface area contributed by atoms with E-state index in [1.165, 1.54) is 44.9 Å². The molecule has 3 nitrogen and oxygen atoms in total.